The van der Waals surface area contributed by atoms with Crippen LogP contribution < -0.4 is 4.74 Å². The lowest BCUT2D eigenvalue weighted by Gasteiger charge is -2.10. The van der Waals surface area contributed by atoms with Gasteiger partial charge in [-0.15, -0.1) is 11.8 Å². The van der Waals surface area contributed by atoms with Crippen LogP contribution in [0.3, 0.4) is 0 Å². The quantitative estimate of drug-likeness (QED) is 0.162. The number of ether oxygens (including phenoxy) is 2. The molecule has 0 amide bonds. The molecule has 31 heavy (non-hydrogen) atoms. The molecule has 0 aromatic heterocycles. The van der Waals surface area contributed by atoms with Crippen molar-refractivity contribution in [2.24, 2.45) is 0 Å². The molecule has 3 rings (SSSR count). The number of carbonyl (C=O) groups is 2. The van der Waals surface area contributed by atoms with Gasteiger partial charge >= 0.3 is 5.97 Å². The van der Waals surface area contributed by atoms with Crippen molar-refractivity contribution in [3.05, 3.63) is 99.1 Å². The average Bonchev–Trinajstić information content (AvgIpc) is 2.81. The molecule has 0 aliphatic heterocycles. The molecule has 7 nitrogen and oxygen atoms in total. The largest absolute Gasteiger partial charge is 0.497 e. The number of ketones is 1. The Bertz CT molecular complexity index is 1130. The number of benzene rings is 3. The number of esters is 1. The summed E-state index contributed by atoms with van der Waals surface area (Å²) in [7, 11) is 1.56. The van der Waals surface area contributed by atoms with Gasteiger partial charge in [-0.2, -0.15) is 0 Å². The molecule has 0 aliphatic rings. The van der Waals surface area contributed by atoms with E-state index >= 15 is 0 Å². The number of hydrogen-bond donors (Lipinski definition) is 0. The minimum Gasteiger partial charge on any atom is -0.497 e. The summed E-state index contributed by atoms with van der Waals surface area (Å²) < 4.78 is 10.5. The number of methoxy groups -OCH3 is 1. The van der Waals surface area contributed by atoms with E-state index in [-0.39, 0.29) is 29.0 Å². The highest BCUT2D eigenvalue weighted by atomic mass is 32.2. The lowest BCUT2D eigenvalue weighted by Crippen LogP contribution is -2.13. The molecule has 0 bridgehead atoms. The van der Waals surface area contributed by atoms with Crippen molar-refractivity contribution in [3.63, 3.8) is 0 Å². The molecule has 158 valence electrons. The van der Waals surface area contributed by atoms with Crippen LogP contribution in [0.2, 0.25) is 0 Å². The number of thioether (sulfide) groups is 1. The average molecular weight is 437 g/mol. The van der Waals surface area contributed by atoms with Crippen LogP contribution in [0.15, 0.2) is 71.6 Å². The topological polar surface area (TPSA) is 95.7 Å². The van der Waals surface area contributed by atoms with Gasteiger partial charge in [-0.3, -0.25) is 14.9 Å². The summed E-state index contributed by atoms with van der Waals surface area (Å²) in [5.74, 6) is -0.463. The van der Waals surface area contributed by atoms with E-state index in [1.165, 1.54) is 42.1 Å². The van der Waals surface area contributed by atoms with Gasteiger partial charge in [-0.05, 0) is 42.2 Å². The third-order valence-electron chi connectivity index (χ3n) is 4.56. The second kappa shape index (κ2) is 9.90. The smallest absolute Gasteiger partial charge is 0.339 e. The first-order chi connectivity index (χ1) is 14.9. The molecule has 0 saturated carbocycles. The van der Waals surface area contributed by atoms with Crippen molar-refractivity contribution >= 4 is 29.2 Å². The summed E-state index contributed by atoms with van der Waals surface area (Å²) in [6.45, 7) is 0.0270. The van der Waals surface area contributed by atoms with Crippen molar-refractivity contribution in [3.8, 4) is 5.75 Å². The number of carbonyl (C=O) groups excluding carboxylic acids is 2. The Hall–Kier alpha value is -3.65. The van der Waals surface area contributed by atoms with Gasteiger partial charge in [0.25, 0.3) is 5.69 Å². The molecular weight excluding hydrogens is 418 g/mol. The first-order valence-corrected chi connectivity index (χ1v) is 10.4. The molecule has 3 aromatic carbocycles. The van der Waals surface area contributed by atoms with Crippen LogP contribution in [-0.2, 0) is 11.3 Å². The fourth-order valence-electron chi connectivity index (χ4n) is 2.94. The predicted molar refractivity (Wildman–Crippen MR) is 117 cm³/mol. The molecule has 0 atom stereocenters. The van der Waals surface area contributed by atoms with E-state index in [0.717, 1.165) is 5.56 Å². The molecule has 3 aromatic rings. The van der Waals surface area contributed by atoms with E-state index < -0.39 is 16.7 Å². The molecule has 0 spiro atoms. The van der Waals surface area contributed by atoms with Crippen LogP contribution in [0.5, 0.6) is 5.75 Å². The Kier molecular flexibility index (Phi) is 7.04. The van der Waals surface area contributed by atoms with Gasteiger partial charge in [0.05, 0.1) is 22.5 Å². The summed E-state index contributed by atoms with van der Waals surface area (Å²) in [6.07, 6.45) is 1.72. The van der Waals surface area contributed by atoms with Crippen LogP contribution in [0, 0.1) is 10.1 Å². The van der Waals surface area contributed by atoms with E-state index in [2.05, 4.69) is 0 Å². The van der Waals surface area contributed by atoms with Crippen molar-refractivity contribution in [2.75, 3.05) is 13.4 Å². The highest BCUT2D eigenvalue weighted by Gasteiger charge is 2.22. The van der Waals surface area contributed by atoms with Gasteiger partial charge in [-0.1, -0.05) is 30.3 Å². The van der Waals surface area contributed by atoms with Crippen LogP contribution in [-0.4, -0.2) is 30.0 Å². The van der Waals surface area contributed by atoms with Gasteiger partial charge in [0.15, 0.2) is 5.78 Å². The zero-order valence-corrected chi connectivity index (χ0v) is 17.7. The number of nitro groups is 1. The predicted octanol–water partition coefficient (Wildman–Crippen LogP) is 4.91. The third-order valence-corrected chi connectivity index (χ3v) is 5.34. The fraction of sp³-hybridized carbons (Fsp3) is 0.130. The zero-order valence-electron chi connectivity index (χ0n) is 16.9. The SMILES string of the molecule is COc1ccc(COC(=O)c2ccccc2C(=O)c2ccc(SC)c([N+](=O)[O-])c2)cc1. The van der Waals surface area contributed by atoms with E-state index in [9.17, 15) is 19.7 Å². The molecule has 0 N–H and O–H groups in total. The molecule has 8 heteroatoms. The van der Waals surface area contributed by atoms with Crippen LogP contribution >= 0.6 is 11.8 Å². The molecular formula is C23H19NO6S. The first-order valence-electron chi connectivity index (χ1n) is 9.20. The Morgan fingerprint density at radius 2 is 1.68 bits per heavy atom. The number of nitrogens with zero attached hydrogens (tertiary/aromatic N) is 1. The fourth-order valence-corrected chi connectivity index (χ4v) is 3.48. The Morgan fingerprint density at radius 1 is 1.00 bits per heavy atom. The summed E-state index contributed by atoms with van der Waals surface area (Å²) >= 11 is 1.22. The third kappa shape index (κ3) is 5.10. The Morgan fingerprint density at radius 3 is 2.29 bits per heavy atom. The van der Waals surface area contributed by atoms with Gasteiger partial charge in [-0.25, -0.2) is 4.79 Å². The van der Waals surface area contributed by atoms with Crippen molar-refractivity contribution in [1.82, 2.24) is 0 Å². The van der Waals surface area contributed by atoms with Crippen molar-refractivity contribution < 1.29 is 24.0 Å². The van der Waals surface area contributed by atoms with Crippen LogP contribution in [0.1, 0.15) is 31.8 Å². The highest BCUT2D eigenvalue weighted by Crippen LogP contribution is 2.29. The van der Waals surface area contributed by atoms with E-state index in [1.807, 2.05) is 0 Å². The second-order valence-electron chi connectivity index (χ2n) is 6.44. The summed E-state index contributed by atoms with van der Waals surface area (Å²) in [5.41, 5.74) is 0.949. The lowest BCUT2D eigenvalue weighted by atomic mass is 9.98. The minimum absolute atomic E-state index is 0.0270. The number of rotatable bonds is 8. The van der Waals surface area contributed by atoms with Crippen molar-refractivity contribution in [1.29, 1.82) is 0 Å². The summed E-state index contributed by atoms with van der Waals surface area (Å²) in [4.78, 5) is 37.0. The minimum atomic E-state index is -0.657. The first kappa shape index (κ1) is 22.0. The van der Waals surface area contributed by atoms with Gasteiger partial charge in [0, 0.05) is 17.2 Å². The van der Waals surface area contributed by atoms with Gasteiger partial charge < -0.3 is 9.47 Å². The standard InChI is InChI=1S/C23H19NO6S/c1-29-17-10-7-15(8-11-17)14-30-23(26)19-6-4-3-5-18(19)22(25)16-9-12-21(31-2)20(13-16)24(27)28/h3-13H,14H2,1-2H3. The van der Waals surface area contributed by atoms with Gasteiger partial charge in [0.2, 0.25) is 0 Å². The van der Waals surface area contributed by atoms with E-state index in [1.54, 1.807) is 49.8 Å². The Labute approximate surface area is 183 Å². The molecule has 0 aliphatic carbocycles. The molecule has 0 saturated heterocycles. The molecule has 0 fully saturated rings. The normalized spacial score (nSPS) is 10.4. The highest BCUT2D eigenvalue weighted by molar-refractivity contribution is 7.98. The van der Waals surface area contributed by atoms with Gasteiger partial charge in [0.1, 0.15) is 12.4 Å². The lowest BCUT2D eigenvalue weighted by molar-refractivity contribution is -0.387. The number of hydrogen-bond acceptors (Lipinski definition) is 7. The van der Waals surface area contributed by atoms with Crippen molar-refractivity contribution in [2.45, 2.75) is 11.5 Å². The van der Waals surface area contributed by atoms with Crippen LogP contribution in [0.25, 0.3) is 0 Å². The summed E-state index contributed by atoms with van der Waals surface area (Å²) in [6, 6.07) is 17.6. The molecule has 0 unspecified atom stereocenters. The zero-order chi connectivity index (χ0) is 22.4. The number of nitro benzene ring substituents is 1. The maximum Gasteiger partial charge on any atom is 0.339 e. The maximum absolute atomic E-state index is 13.0. The Balaban J connectivity index is 1.83. The monoisotopic (exact) mass is 437 g/mol. The maximum atomic E-state index is 13.0. The van der Waals surface area contributed by atoms with E-state index in [4.69, 9.17) is 9.47 Å². The second-order valence-corrected chi connectivity index (χ2v) is 7.29. The molecule has 0 heterocycles. The molecule has 0 radical (unpaired) electrons. The summed E-state index contributed by atoms with van der Waals surface area (Å²) in [5, 5.41) is 11.3. The van der Waals surface area contributed by atoms with Crippen LogP contribution in [0.4, 0.5) is 5.69 Å². The van der Waals surface area contributed by atoms with E-state index in [0.29, 0.717) is 10.6 Å².